The normalized spacial score (nSPS) is 23.1. The number of hydrogen-bond donors (Lipinski definition) is 4. The summed E-state index contributed by atoms with van der Waals surface area (Å²) in [6, 6.07) is 17.7. The number of hydrogen-bond acceptors (Lipinski definition) is 11. The zero-order valence-electron chi connectivity index (χ0n) is 42.5. The van der Waals surface area contributed by atoms with Crippen molar-refractivity contribution in [2.75, 3.05) is 44.2 Å². The van der Waals surface area contributed by atoms with Crippen molar-refractivity contribution in [3.05, 3.63) is 99.3 Å². The highest BCUT2D eigenvalue weighted by molar-refractivity contribution is 7.13. The van der Waals surface area contributed by atoms with Gasteiger partial charge in [-0.1, -0.05) is 90.4 Å². The van der Waals surface area contributed by atoms with Gasteiger partial charge in [0.25, 0.3) is 5.91 Å². The molecule has 4 N–H and O–H groups in total. The van der Waals surface area contributed by atoms with Crippen LogP contribution in [0.5, 0.6) is 0 Å². The molecule has 4 aromatic rings. The average Bonchev–Trinajstić information content (AvgIpc) is 3.96. The van der Waals surface area contributed by atoms with Crippen LogP contribution in [0.2, 0.25) is 5.02 Å². The van der Waals surface area contributed by atoms with Crippen LogP contribution in [-0.2, 0) is 27.3 Å². The van der Waals surface area contributed by atoms with Crippen molar-refractivity contribution in [3.63, 3.8) is 0 Å². The number of aliphatic hydroxyl groups excluding tert-OH is 1. The van der Waals surface area contributed by atoms with Crippen LogP contribution in [-0.4, -0.2) is 112 Å². The molecular formula is C55H70ClN9O5S. The SMILES string of the molecule is Cc1ncsc1-c1ccc(CNC(=O)[C@@H]2C[C@@H](O)CN2C(=O)[C@@H](NC(=O)CN2CCC3(CC2)CCN(c2ccc(C(=O)NC4C(C)(C)C(Cc5ccc(C#N)c(Cl)c5)C4(C)C)cn2)CC3)C(C)(C)C)cc1. The van der Waals surface area contributed by atoms with Gasteiger partial charge in [0.2, 0.25) is 17.7 Å². The number of carbonyl (C=O) groups excluding carboxylic acids is 4. The van der Waals surface area contributed by atoms with E-state index in [-0.39, 0.29) is 77.9 Å². The van der Waals surface area contributed by atoms with Gasteiger partial charge in [0.1, 0.15) is 24.0 Å². The minimum Gasteiger partial charge on any atom is -0.391 e. The van der Waals surface area contributed by atoms with E-state index >= 15 is 0 Å². The number of nitriles is 1. The number of rotatable bonds is 13. The number of thiazole rings is 1. The van der Waals surface area contributed by atoms with Gasteiger partial charge in [0.05, 0.1) is 44.9 Å². The predicted octanol–water partition coefficient (Wildman–Crippen LogP) is 7.55. The molecule has 0 unspecified atom stereocenters. The molecule has 1 saturated carbocycles. The van der Waals surface area contributed by atoms with E-state index in [4.69, 9.17) is 16.6 Å². The average molecular weight is 1000 g/mol. The molecule has 16 heteroatoms. The summed E-state index contributed by atoms with van der Waals surface area (Å²) in [6.45, 7) is 20.2. The van der Waals surface area contributed by atoms with Crippen molar-refractivity contribution in [2.24, 2.45) is 27.6 Å². The number of benzene rings is 2. The summed E-state index contributed by atoms with van der Waals surface area (Å²) in [5.74, 6) is 0.0698. The molecule has 0 radical (unpaired) electrons. The second-order valence-electron chi connectivity index (χ2n) is 22.8. The lowest BCUT2D eigenvalue weighted by Gasteiger charge is -2.64. The number of aryl methyl sites for hydroxylation is 1. The highest BCUT2D eigenvalue weighted by Gasteiger charge is 2.61. The second-order valence-corrected chi connectivity index (χ2v) is 24.1. The number of nitrogens with one attached hydrogen (secondary N) is 3. The fourth-order valence-electron chi connectivity index (χ4n) is 12.1. The fourth-order valence-corrected chi connectivity index (χ4v) is 13.2. The standard InChI is InChI=1S/C55H70ClN9O5S/c1-34-46(71-33-60-34)37-12-9-35(10-13-37)29-59-49(69)42-27-40(66)31-65(42)50(70)47(52(2,3)4)61-45(67)32-63-21-17-55(18-22-63)19-23-64(24-20-55)44-16-15-39(30-58-44)48(68)62-51-53(5,6)43(54(51,7)8)26-36-11-14-38(28-57)41(56)25-36/h9-16,25,30,33,40,42-43,47,51,66H,17-24,26-27,29,31-32H2,1-8H3,(H,59,69)(H,61,67)(H,62,68)/t40-,42+,43?,47-,51?/m1/s1. The van der Waals surface area contributed by atoms with Crippen LogP contribution in [0.25, 0.3) is 10.4 Å². The Morgan fingerprint density at radius 3 is 2.18 bits per heavy atom. The Balaban J connectivity index is 0.784. The third-order valence-corrected chi connectivity index (χ3v) is 17.6. The molecule has 14 nitrogen and oxygen atoms in total. The summed E-state index contributed by atoms with van der Waals surface area (Å²) in [6.07, 6.45) is 5.72. The van der Waals surface area contributed by atoms with Gasteiger partial charge in [-0.2, -0.15) is 5.26 Å². The number of anilines is 1. The van der Waals surface area contributed by atoms with E-state index in [1.165, 1.54) is 4.90 Å². The van der Waals surface area contributed by atoms with Crippen LogP contribution in [0, 0.1) is 45.8 Å². The molecule has 3 aliphatic heterocycles. The minimum atomic E-state index is -0.890. The lowest BCUT2D eigenvalue weighted by atomic mass is 9.43. The molecule has 3 saturated heterocycles. The number of aliphatic hydroxyl groups is 1. The van der Waals surface area contributed by atoms with E-state index in [9.17, 15) is 29.5 Å². The molecule has 2 aromatic carbocycles. The quantitative estimate of drug-likeness (QED) is 0.104. The monoisotopic (exact) mass is 1000 g/mol. The highest BCUT2D eigenvalue weighted by atomic mass is 35.5. The molecule has 1 aliphatic carbocycles. The van der Waals surface area contributed by atoms with Crippen LogP contribution < -0.4 is 20.9 Å². The van der Waals surface area contributed by atoms with Crippen LogP contribution >= 0.6 is 22.9 Å². The van der Waals surface area contributed by atoms with E-state index in [0.29, 0.717) is 16.1 Å². The second kappa shape index (κ2) is 20.6. The Labute approximate surface area is 427 Å². The maximum Gasteiger partial charge on any atom is 0.253 e. The number of aromatic nitrogens is 2. The molecule has 1 spiro atoms. The first-order valence-corrected chi connectivity index (χ1v) is 26.3. The molecular weight excluding hydrogens is 934 g/mol. The highest BCUT2D eigenvalue weighted by Crippen LogP contribution is 2.60. The maximum absolute atomic E-state index is 14.2. The summed E-state index contributed by atoms with van der Waals surface area (Å²) in [5, 5.41) is 29.8. The molecule has 71 heavy (non-hydrogen) atoms. The van der Waals surface area contributed by atoms with E-state index in [2.05, 4.69) is 64.5 Å². The van der Waals surface area contributed by atoms with Gasteiger partial charge >= 0.3 is 0 Å². The van der Waals surface area contributed by atoms with Crippen LogP contribution in [0.3, 0.4) is 0 Å². The molecule has 4 fully saturated rings. The van der Waals surface area contributed by atoms with Gasteiger partial charge in [-0.25, -0.2) is 9.97 Å². The van der Waals surface area contributed by atoms with Gasteiger partial charge in [0.15, 0.2) is 0 Å². The van der Waals surface area contributed by atoms with E-state index in [1.807, 2.05) is 81.7 Å². The summed E-state index contributed by atoms with van der Waals surface area (Å²) >= 11 is 7.93. The van der Waals surface area contributed by atoms with Crippen LogP contribution in [0.4, 0.5) is 5.82 Å². The zero-order valence-corrected chi connectivity index (χ0v) is 44.1. The van der Waals surface area contributed by atoms with Crippen LogP contribution in [0.15, 0.2) is 66.3 Å². The Kier molecular flexibility index (Phi) is 15.1. The van der Waals surface area contributed by atoms with Crippen molar-refractivity contribution in [3.8, 4) is 16.5 Å². The third-order valence-electron chi connectivity index (χ3n) is 16.3. The van der Waals surface area contributed by atoms with E-state index in [0.717, 1.165) is 91.4 Å². The number of carbonyl (C=O) groups is 4. The number of likely N-dealkylation sites (tertiary alicyclic amines) is 2. The number of halogens is 1. The first kappa shape index (κ1) is 51.9. The molecule has 2 aromatic heterocycles. The van der Waals surface area contributed by atoms with Crippen LogP contribution in [0.1, 0.15) is 113 Å². The summed E-state index contributed by atoms with van der Waals surface area (Å²) in [4.78, 5) is 71.3. The fraction of sp³-hybridized carbons (Fsp3) is 0.545. The van der Waals surface area contributed by atoms with Gasteiger partial charge in [0, 0.05) is 44.8 Å². The summed E-state index contributed by atoms with van der Waals surface area (Å²) < 4.78 is 0. The molecule has 5 heterocycles. The van der Waals surface area contributed by atoms with Crippen molar-refractivity contribution < 1.29 is 24.3 Å². The Morgan fingerprint density at radius 1 is 0.930 bits per heavy atom. The Bertz CT molecular complexity index is 2620. The maximum atomic E-state index is 14.2. The van der Waals surface area contributed by atoms with E-state index < -0.39 is 23.6 Å². The zero-order chi connectivity index (χ0) is 51.0. The number of nitrogens with zero attached hydrogens (tertiary/aromatic N) is 6. The van der Waals surface area contributed by atoms with Crippen molar-refractivity contribution in [1.82, 2.24) is 35.7 Å². The molecule has 3 atom stereocenters. The van der Waals surface area contributed by atoms with Gasteiger partial charge < -0.3 is 30.9 Å². The topological polar surface area (TPSA) is 184 Å². The molecule has 378 valence electrons. The molecule has 8 rings (SSSR count). The summed E-state index contributed by atoms with van der Waals surface area (Å²) in [5.41, 5.74) is 6.04. The van der Waals surface area contributed by atoms with Gasteiger partial charge in [-0.3, -0.25) is 24.1 Å². The summed E-state index contributed by atoms with van der Waals surface area (Å²) in [7, 11) is 0. The van der Waals surface area contributed by atoms with Crippen molar-refractivity contribution >= 4 is 52.4 Å². The predicted molar refractivity (Wildman–Crippen MR) is 278 cm³/mol. The first-order chi connectivity index (χ1) is 33.6. The van der Waals surface area contributed by atoms with Crippen molar-refractivity contribution in [2.45, 2.75) is 125 Å². The molecule has 4 amide bonds. The first-order valence-electron chi connectivity index (χ1n) is 25.1. The van der Waals surface area contributed by atoms with Gasteiger partial charge in [-0.05, 0) is 121 Å². The number of pyridine rings is 1. The number of amides is 4. The van der Waals surface area contributed by atoms with E-state index in [1.54, 1.807) is 23.6 Å². The third kappa shape index (κ3) is 11.2. The van der Waals surface area contributed by atoms with Gasteiger partial charge in [-0.15, -0.1) is 11.3 Å². The van der Waals surface area contributed by atoms with Crippen molar-refractivity contribution in [1.29, 1.82) is 5.26 Å². The lowest BCUT2D eigenvalue weighted by Crippen LogP contribution is -2.70. The molecule has 4 aliphatic rings. The minimum absolute atomic E-state index is 0.0197. The Morgan fingerprint density at radius 2 is 1.59 bits per heavy atom. The number of piperidine rings is 2. The Hall–Kier alpha value is -5.40. The molecule has 0 bridgehead atoms. The largest absolute Gasteiger partial charge is 0.391 e. The smallest absolute Gasteiger partial charge is 0.253 e. The lowest BCUT2D eigenvalue weighted by molar-refractivity contribution is -0.144. The number of β-amino-alcohol motifs (C(OH)–C–C–N with tert-alkyl or cyclic N) is 1.